The van der Waals surface area contributed by atoms with Crippen LogP contribution >= 0.6 is 0 Å². The van der Waals surface area contributed by atoms with Gasteiger partial charge in [-0.15, -0.1) is 0 Å². The van der Waals surface area contributed by atoms with E-state index in [9.17, 15) is 4.79 Å². The Kier molecular flexibility index (Phi) is 5.36. The van der Waals surface area contributed by atoms with Crippen molar-refractivity contribution in [3.8, 4) is 11.5 Å². The van der Waals surface area contributed by atoms with Crippen molar-refractivity contribution >= 4 is 17.7 Å². The van der Waals surface area contributed by atoms with E-state index in [1.807, 2.05) is 48.5 Å². The third kappa shape index (κ3) is 4.19. The molecule has 0 saturated carbocycles. The summed E-state index contributed by atoms with van der Waals surface area (Å²) in [5, 5.41) is 6.28. The molecule has 2 aromatic rings. The van der Waals surface area contributed by atoms with Crippen molar-refractivity contribution in [3.05, 3.63) is 59.7 Å². The molecule has 0 bridgehead atoms. The minimum Gasteiger partial charge on any atom is -0.496 e. The monoisotopic (exact) mass is 338 g/mol. The summed E-state index contributed by atoms with van der Waals surface area (Å²) in [7, 11) is 1.67. The number of hydrogen-bond acceptors (Lipinski definition) is 4. The Morgan fingerprint density at radius 1 is 1.32 bits per heavy atom. The van der Waals surface area contributed by atoms with Crippen LogP contribution in [0.1, 0.15) is 24.1 Å². The Balaban J connectivity index is 1.59. The van der Waals surface area contributed by atoms with Crippen LogP contribution in [0, 0.1) is 0 Å². The first-order valence-corrected chi connectivity index (χ1v) is 8.27. The molecule has 1 atom stereocenters. The van der Waals surface area contributed by atoms with E-state index in [1.54, 1.807) is 7.11 Å². The Hall–Kier alpha value is -2.79. The second kappa shape index (κ2) is 7.85. The van der Waals surface area contributed by atoms with Gasteiger partial charge in [-0.2, -0.15) is 0 Å². The molecule has 0 unspecified atom stereocenters. The zero-order chi connectivity index (χ0) is 17.6. The molecule has 130 valence electrons. The van der Waals surface area contributed by atoms with E-state index in [1.165, 1.54) is 0 Å². The summed E-state index contributed by atoms with van der Waals surface area (Å²) in [4.78, 5) is 11.4. The van der Waals surface area contributed by atoms with E-state index in [0.29, 0.717) is 5.75 Å². The number of fused-ring (bicyclic) bond motifs is 1. The van der Waals surface area contributed by atoms with Crippen LogP contribution in [0.15, 0.2) is 48.5 Å². The summed E-state index contributed by atoms with van der Waals surface area (Å²) in [6.07, 6.45) is 4.11. The van der Waals surface area contributed by atoms with Crippen LogP contribution < -0.4 is 20.1 Å². The lowest BCUT2D eigenvalue weighted by Crippen LogP contribution is -2.26. The molecule has 0 radical (unpaired) electrons. The molecule has 2 aromatic carbocycles. The Bertz CT molecular complexity index is 786. The number of carbonyl (C=O) groups is 1. The number of anilines is 1. The van der Waals surface area contributed by atoms with Crippen LogP contribution in [-0.4, -0.2) is 26.2 Å². The molecule has 1 heterocycles. The predicted octanol–water partition coefficient (Wildman–Crippen LogP) is 3.39. The second-order valence-electron chi connectivity index (χ2n) is 5.87. The molecule has 3 rings (SSSR count). The third-order valence-corrected chi connectivity index (χ3v) is 4.11. The van der Waals surface area contributed by atoms with Crippen molar-refractivity contribution in [2.75, 3.05) is 25.6 Å². The lowest BCUT2D eigenvalue weighted by molar-refractivity contribution is -0.118. The van der Waals surface area contributed by atoms with E-state index in [2.05, 4.69) is 23.6 Å². The first-order valence-electron chi connectivity index (χ1n) is 8.27. The number of benzene rings is 2. The van der Waals surface area contributed by atoms with Crippen LogP contribution in [-0.2, 0) is 4.79 Å². The van der Waals surface area contributed by atoms with E-state index in [-0.39, 0.29) is 18.6 Å². The molecule has 1 aliphatic heterocycles. The molecule has 2 N–H and O–H groups in total. The molecule has 0 fully saturated rings. The maximum Gasteiger partial charge on any atom is 0.262 e. The van der Waals surface area contributed by atoms with E-state index in [4.69, 9.17) is 9.47 Å². The Morgan fingerprint density at radius 3 is 3.00 bits per heavy atom. The van der Waals surface area contributed by atoms with Crippen LogP contribution in [0.4, 0.5) is 5.69 Å². The molecule has 25 heavy (non-hydrogen) atoms. The number of amides is 1. The maximum atomic E-state index is 11.4. The highest BCUT2D eigenvalue weighted by molar-refractivity contribution is 5.95. The van der Waals surface area contributed by atoms with Gasteiger partial charge in [-0.05, 0) is 30.7 Å². The summed E-state index contributed by atoms with van der Waals surface area (Å²) in [6.45, 7) is 2.89. The number of carbonyl (C=O) groups excluding carboxylic acids is 1. The van der Waals surface area contributed by atoms with Crippen molar-refractivity contribution in [1.29, 1.82) is 0 Å². The van der Waals surface area contributed by atoms with Gasteiger partial charge >= 0.3 is 0 Å². The fourth-order valence-electron chi connectivity index (χ4n) is 2.72. The molecular weight excluding hydrogens is 316 g/mol. The highest BCUT2D eigenvalue weighted by Crippen LogP contribution is 2.30. The Morgan fingerprint density at radius 2 is 2.16 bits per heavy atom. The Labute approximate surface area is 147 Å². The maximum absolute atomic E-state index is 11.4. The van der Waals surface area contributed by atoms with Gasteiger partial charge in [-0.1, -0.05) is 36.4 Å². The lowest BCUT2D eigenvalue weighted by atomic mass is 10.1. The largest absolute Gasteiger partial charge is 0.496 e. The summed E-state index contributed by atoms with van der Waals surface area (Å²) < 4.78 is 10.7. The van der Waals surface area contributed by atoms with Gasteiger partial charge in [-0.3, -0.25) is 4.79 Å². The van der Waals surface area contributed by atoms with Gasteiger partial charge in [0.25, 0.3) is 5.91 Å². The molecule has 1 amide bonds. The number of hydrogen-bond donors (Lipinski definition) is 2. The minimum atomic E-state index is -0.120. The topological polar surface area (TPSA) is 59.6 Å². The minimum absolute atomic E-state index is 0.0773. The van der Waals surface area contributed by atoms with Crippen LogP contribution in [0.25, 0.3) is 6.08 Å². The smallest absolute Gasteiger partial charge is 0.262 e. The number of para-hydroxylation sites is 1. The number of nitrogens with one attached hydrogen (secondary N) is 2. The van der Waals surface area contributed by atoms with Crippen LogP contribution in [0.2, 0.25) is 0 Å². The fourth-order valence-corrected chi connectivity index (χ4v) is 2.72. The van der Waals surface area contributed by atoms with Crippen molar-refractivity contribution in [2.45, 2.75) is 13.0 Å². The van der Waals surface area contributed by atoms with E-state index >= 15 is 0 Å². The molecule has 0 aromatic heterocycles. The summed E-state index contributed by atoms with van der Waals surface area (Å²) >= 11 is 0. The van der Waals surface area contributed by atoms with Crippen molar-refractivity contribution in [3.63, 3.8) is 0 Å². The van der Waals surface area contributed by atoms with Crippen molar-refractivity contribution in [1.82, 2.24) is 5.32 Å². The van der Waals surface area contributed by atoms with Gasteiger partial charge in [0.15, 0.2) is 6.61 Å². The first-order chi connectivity index (χ1) is 12.2. The quantitative estimate of drug-likeness (QED) is 0.848. The molecule has 0 aliphatic carbocycles. The predicted molar refractivity (Wildman–Crippen MR) is 99.0 cm³/mol. The highest BCUT2D eigenvalue weighted by Gasteiger charge is 2.17. The number of methoxy groups -OCH3 is 1. The van der Waals surface area contributed by atoms with E-state index in [0.717, 1.165) is 29.1 Å². The molecule has 1 aliphatic rings. The van der Waals surface area contributed by atoms with Gasteiger partial charge in [0.05, 0.1) is 12.8 Å². The average molecular weight is 338 g/mol. The van der Waals surface area contributed by atoms with Crippen LogP contribution in [0.3, 0.4) is 0 Å². The van der Waals surface area contributed by atoms with Gasteiger partial charge in [0.2, 0.25) is 0 Å². The van der Waals surface area contributed by atoms with Gasteiger partial charge in [0, 0.05) is 18.2 Å². The van der Waals surface area contributed by atoms with Crippen molar-refractivity contribution < 1.29 is 14.3 Å². The first kappa shape index (κ1) is 17.0. The zero-order valence-electron chi connectivity index (χ0n) is 14.4. The van der Waals surface area contributed by atoms with Crippen molar-refractivity contribution in [2.24, 2.45) is 0 Å². The zero-order valence-corrected chi connectivity index (χ0v) is 14.4. The SMILES string of the molecule is COc1ccccc1/C=C/CN[C@@H](C)c1ccc2c(c1)NC(=O)CO2. The highest BCUT2D eigenvalue weighted by atomic mass is 16.5. The van der Waals surface area contributed by atoms with E-state index < -0.39 is 0 Å². The molecule has 5 heteroatoms. The second-order valence-corrected chi connectivity index (χ2v) is 5.87. The van der Waals surface area contributed by atoms with Gasteiger partial charge in [-0.25, -0.2) is 0 Å². The number of rotatable bonds is 6. The molecule has 0 spiro atoms. The number of ether oxygens (including phenoxy) is 2. The standard InChI is InChI=1S/C20H22N2O3/c1-14(16-9-10-19-17(12-16)22-20(23)13-25-19)21-11-5-7-15-6-3-4-8-18(15)24-2/h3-10,12,14,21H,11,13H2,1-2H3,(H,22,23)/b7-5+/t14-/m0/s1. The molecule has 0 saturated heterocycles. The summed E-state index contributed by atoms with van der Waals surface area (Å²) in [6, 6.07) is 13.9. The molecular formula is C20H22N2O3. The molecule has 5 nitrogen and oxygen atoms in total. The fraction of sp³-hybridized carbons (Fsp3) is 0.250. The van der Waals surface area contributed by atoms with Crippen LogP contribution in [0.5, 0.6) is 11.5 Å². The normalized spacial score (nSPS) is 14.6. The third-order valence-electron chi connectivity index (χ3n) is 4.11. The van der Waals surface area contributed by atoms with Gasteiger partial charge in [0.1, 0.15) is 11.5 Å². The van der Waals surface area contributed by atoms with Gasteiger partial charge < -0.3 is 20.1 Å². The lowest BCUT2D eigenvalue weighted by Gasteiger charge is -2.20. The summed E-state index contributed by atoms with van der Waals surface area (Å²) in [5.41, 5.74) is 2.87. The average Bonchev–Trinajstić information content (AvgIpc) is 2.64. The summed E-state index contributed by atoms with van der Waals surface area (Å²) in [5.74, 6) is 1.45.